The Labute approximate surface area is 78.4 Å². The van der Waals surface area contributed by atoms with Gasteiger partial charge in [-0.05, 0) is 26.7 Å². The number of esters is 1. The van der Waals surface area contributed by atoms with Gasteiger partial charge in [-0.15, -0.1) is 0 Å². The molecule has 2 aliphatic rings. The van der Waals surface area contributed by atoms with Gasteiger partial charge in [0, 0.05) is 6.42 Å². The first-order valence-electron chi connectivity index (χ1n) is 5.03. The molecule has 4 atom stereocenters. The van der Waals surface area contributed by atoms with Crippen molar-refractivity contribution in [2.24, 2.45) is 5.92 Å². The third-order valence-electron chi connectivity index (χ3n) is 2.98. The van der Waals surface area contributed by atoms with Crippen LogP contribution in [0.4, 0.5) is 0 Å². The van der Waals surface area contributed by atoms with Gasteiger partial charge < -0.3 is 9.47 Å². The second kappa shape index (κ2) is 3.29. The number of hydrogen-bond donors (Lipinski definition) is 0. The summed E-state index contributed by atoms with van der Waals surface area (Å²) in [5, 5.41) is 0. The largest absolute Gasteiger partial charge is 0.462 e. The van der Waals surface area contributed by atoms with Gasteiger partial charge in [0.05, 0.1) is 18.1 Å². The van der Waals surface area contributed by atoms with Crippen molar-refractivity contribution < 1.29 is 14.3 Å². The zero-order chi connectivity index (χ0) is 9.42. The van der Waals surface area contributed by atoms with Crippen molar-refractivity contribution in [1.29, 1.82) is 0 Å². The van der Waals surface area contributed by atoms with Gasteiger partial charge in [-0.25, -0.2) is 0 Å². The van der Waals surface area contributed by atoms with Crippen molar-refractivity contribution in [2.75, 3.05) is 0 Å². The van der Waals surface area contributed by atoms with E-state index in [0.717, 1.165) is 19.3 Å². The van der Waals surface area contributed by atoms with Crippen LogP contribution in [-0.2, 0) is 14.3 Å². The second-order valence-electron chi connectivity index (χ2n) is 4.15. The topological polar surface area (TPSA) is 35.5 Å². The number of rotatable bonds is 0. The summed E-state index contributed by atoms with van der Waals surface area (Å²) in [5.74, 6) is -0.189. The first-order valence-corrected chi connectivity index (χ1v) is 5.03. The molecule has 0 radical (unpaired) electrons. The number of ether oxygens (including phenoxy) is 2. The Balaban J connectivity index is 2.11. The van der Waals surface area contributed by atoms with Gasteiger partial charge in [-0.1, -0.05) is 0 Å². The van der Waals surface area contributed by atoms with Gasteiger partial charge in [-0.3, -0.25) is 4.79 Å². The van der Waals surface area contributed by atoms with E-state index >= 15 is 0 Å². The van der Waals surface area contributed by atoms with Crippen LogP contribution in [0.25, 0.3) is 0 Å². The first-order chi connectivity index (χ1) is 6.16. The highest BCUT2D eigenvalue weighted by atomic mass is 16.6. The van der Waals surface area contributed by atoms with Gasteiger partial charge in [0.2, 0.25) is 0 Å². The summed E-state index contributed by atoms with van der Waals surface area (Å²) < 4.78 is 11.0. The van der Waals surface area contributed by atoms with E-state index in [4.69, 9.17) is 9.47 Å². The maximum absolute atomic E-state index is 11.5. The van der Waals surface area contributed by atoms with E-state index in [2.05, 4.69) is 0 Å². The van der Waals surface area contributed by atoms with Crippen LogP contribution in [0.15, 0.2) is 0 Å². The van der Waals surface area contributed by atoms with E-state index in [0.29, 0.717) is 6.10 Å². The molecule has 0 unspecified atom stereocenters. The summed E-state index contributed by atoms with van der Waals surface area (Å²) in [6, 6.07) is 0. The highest BCUT2D eigenvalue weighted by Crippen LogP contribution is 2.31. The Hall–Kier alpha value is -0.570. The molecule has 2 fully saturated rings. The Morgan fingerprint density at radius 3 is 2.85 bits per heavy atom. The number of carbonyl (C=O) groups is 1. The molecule has 0 aromatic rings. The summed E-state index contributed by atoms with van der Waals surface area (Å²) in [5.41, 5.74) is 0. The molecule has 2 aliphatic heterocycles. The van der Waals surface area contributed by atoms with Crippen LogP contribution in [0, 0.1) is 5.92 Å². The van der Waals surface area contributed by atoms with E-state index in [1.165, 1.54) is 0 Å². The second-order valence-corrected chi connectivity index (χ2v) is 4.15. The van der Waals surface area contributed by atoms with Crippen molar-refractivity contribution in [3.63, 3.8) is 0 Å². The molecular formula is C10H16O3. The average molecular weight is 184 g/mol. The minimum atomic E-state index is -0.0992. The molecular weight excluding hydrogens is 168 g/mol. The van der Waals surface area contributed by atoms with Gasteiger partial charge in [0.15, 0.2) is 0 Å². The van der Waals surface area contributed by atoms with Crippen LogP contribution < -0.4 is 0 Å². The van der Waals surface area contributed by atoms with E-state index in [1.807, 2.05) is 13.8 Å². The van der Waals surface area contributed by atoms with E-state index in [-0.39, 0.29) is 24.1 Å². The number of carbonyl (C=O) groups excluding carboxylic acids is 1. The minimum absolute atomic E-state index is 0.0130. The van der Waals surface area contributed by atoms with Crippen LogP contribution >= 0.6 is 0 Å². The maximum Gasteiger partial charge on any atom is 0.311 e. The molecule has 0 saturated carbocycles. The summed E-state index contributed by atoms with van der Waals surface area (Å²) >= 11 is 0. The highest BCUT2D eigenvalue weighted by Gasteiger charge is 2.37. The van der Waals surface area contributed by atoms with E-state index in [9.17, 15) is 4.79 Å². The average Bonchev–Trinajstić information content (AvgIpc) is 2.50. The van der Waals surface area contributed by atoms with E-state index in [1.54, 1.807) is 0 Å². The fraction of sp³-hybridized carbons (Fsp3) is 0.900. The lowest BCUT2D eigenvalue weighted by Crippen LogP contribution is -2.34. The predicted octanol–water partition coefficient (Wildman–Crippen LogP) is 1.51. The predicted molar refractivity (Wildman–Crippen MR) is 47.2 cm³/mol. The van der Waals surface area contributed by atoms with Gasteiger partial charge >= 0.3 is 5.97 Å². The summed E-state index contributed by atoms with van der Waals surface area (Å²) in [6.45, 7) is 3.83. The third kappa shape index (κ3) is 1.70. The zero-order valence-electron chi connectivity index (χ0n) is 8.16. The molecule has 2 rings (SSSR count). The fourth-order valence-corrected chi connectivity index (χ4v) is 2.15. The summed E-state index contributed by atoms with van der Waals surface area (Å²) in [4.78, 5) is 11.5. The standard InChI is InChI=1S/C10H16O3/c1-6-5-8-3-4-9(13-8)7(2)10(11)12-6/h6-9H,3-5H2,1-2H3/t6-,7-,8+,9-/m1/s1. The Bertz CT molecular complexity index is 214. The quantitative estimate of drug-likeness (QED) is 0.535. The molecule has 3 heteroatoms. The van der Waals surface area contributed by atoms with Crippen molar-refractivity contribution >= 4 is 5.97 Å². The number of cyclic esters (lactones) is 1. The highest BCUT2D eigenvalue weighted by molar-refractivity contribution is 5.73. The van der Waals surface area contributed by atoms with Gasteiger partial charge in [0.25, 0.3) is 0 Å². The zero-order valence-corrected chi connectivity index (χ0v) is 8.16. The van der Waals surface area contributed by atoms with Crippen molar-refractivity contribution in [2.45, 2.75) is 51.4 Å². The van der Waals surface area contributed by atoms with Crippen LogP contribution in [0.1, 0.15) is 33.1 Å². The summed E-state index contributed by atoms with van der Waals surface area (Å²) in [7, 11) is 0. The van der Waals surface area contributed by atoms with Crippen LogP contribution in [0.3, 0.4) is 0 Å². The molecule has 2 bridgehead atoms. The van der Waals surface area contributed by atoms with Gasteiger partial charge in [0.1, 0.15) is 6.10 Å². The van der Waals surface area contributed by atoms with Crippen LogP contribution in [0.2, 0.25) is 0 Å². The monoisotopic (exact) mass is 184 g/mol. The van der Waals surface area contributed by atoms with Crippen LogP contribution in [0.5, 0.6) is 0 Å². The molecule has 0 aromatic carbocycles. The molecule has 0 aromatic heterocycles. The fourth-order valence-electron chi connectivity index (χ4n) is 2.15. The molecule has 74 valence electrons. The normalized spacial score (nSPS) is 45.2. The Kier molecular flexibility index (Phi) is 2.28. The van der Waals surface area contributed by atoms with E-state index < -0.39 is 0 Å². The minimum Gasteiger partial charge on any atom is -0.462 e. The maximum atomic E-state index is 11.5. The molecule has 2 heterocycles. The first kappa shape index (κ1) is 9.00. The number of fused-ring (bicyclic) bond motifs is 2. The Morgan fingerprint density at radius 2 is 2.08 bits per heavy atom. The lowest BCUT2D eigenvalue weighted by atomic mass is 10.0. The SMILES string of the molecule is C[C@@H]1C[C@@H]2CC[C@@H](O2)[C@@H](C)C(=O)O1. The molecule has 13 heavy (non-hydrogen) atoms. The Morgan fingerprint density at radius 1 is 1.31 bits per heavy atom. The molecule has 2 saturated heterocycles. The lowest BCUT2D eigenvalue weighted by molar-refractivity contribution is -0.164. The molecule has 0 spiro atoms. The van der Waals surface area contributed by atoms with Crippen LogP contribution in [-0.4, -0.2) is 24.3 Å². The molecule has 3 nitrogen and oxygen atoms in total. The van der Waals surface area contributed by atoms with Crippen molar-refractivity contribution in [3.8, 4) is 0 Å². The molecule has 0 aliphatic carbocycles. The molecule has 0 amide bonds. The van der Waals surface area contributed by atoms with Crippen molar-refractivity contribution in [3.05, 3.63) is 0 Å². The lowest BCUT2D eigenvalue weighted by Gasteiger charge is -2.26. The van der Waals surface area contributed by atoms with Crippen molar-refractivity contribution in [1.82, 2.24) is 0 Å². The smallest absolute Gasteiger partial charge is 0.311 e. The summed E-state index contributed by atoms with van der Waals surface area (Å²) in [6.07, 6.45) is 3.37. The van der Waals surface area contributed by atoms with Gasteiger partial charge in [-0.2, -0.15) is 0 Å². The molecule has 0 N–H and O–H groups in total. The third-order valence-corrected chi connectivity index (χ3v) is 2.98. The number of hydrogen-bond acceptors (Lipinski definition) is 3.